The third kappa shape index (κ3) is 4.04. The van der Waals surface area contributed by atoms with E-state index >= 15 is 0 Å². The summed E-state index contributed by atoms with van der Waals surface area (Å²) in [5, 5.41) is 6.94. The van der Waals surface area contributed by atoms with Crippen LogP contribution >= 0.6 is 0 Å². The smallest absolute Gasteiger partial charge is 0.252 e. The number of nitrogens with one attached hydrogen (secondary N) is 1. The van der Waals surface area contributed by atoms with Gasteiger partial charge in [-0.15, -0.1) is 0 Å². The molecule has 0 aliphatic carbocycles. The van der Waals surface area contributed by atoms with E-state index < -0.39 is 0 Å². The minimum atomic E-state index is -0.0709. The molecule has 2 aliphatic rings. The Hall–Kier alpha value is -2.41. The van der Waals surface area contributed by atoms with Crippen molar-refractivity contribution < 1.29 is 9.32 Å². The van der Waals surface area contributed by atoms with Crippen molar-refractivity contribution in [1.29, 1.82) is 0 Å². The number of anilines is 1. The van der Waals surface area contributed by atoms with Crippen LogP contribution in [0.15, 0.2) is 22.9 Å². The molecule has 0 spiro atoms. The first-order chi connectivity index (χ1) is 13.6. The fourth-order valence-corrected chi connectivity index (χ4v) is 4.33. The minimum absolute atomic E-state index is 0.0709. The Balaban J connectivity index is 1.26. The Labute approximate surface area is 166 Å². The molecule has 7 nitrogen and oxygen atoms in total. The van der Waals surface area contributed by atoms with E-state index in [9.17, 15) is 4.79 Å². The van der Waals surface area contributed by atoms with E-state index in [2.05, 4.69) is 25.3 Å². The monoisotopic (exact) mass is 383 g/mol. The topological polar surface area (TPSA) is 74.5 Å². The van der Waals surface area contributed by atoms with Crippen LogP contribution in [0.1, 0.15) is 46.6 Å². The van der Waals surface area contributed by atoms with Gasteiger partial charge in [0.1, 0.15) is 11.6 Å². The normalized spacial score (nSPS) is 19.6. The van der Waals surface area contributed by atoms with Gasteiger partial charge in [0.05, 0.1) is 11.3 Å². The van der Waals surface area contributed by atoms with Crippen LogP contribution in [0.2, 0.25) is 0 Å². The molecule has 7 heteroatoms. The number of rotatable bonds is 6. The van der Waals surface area contributed by atoms with Gasteiger partial charge in [-0.25, -0.2) is 4.98 Å². The number of piperazine rings is 1. The maximum Gasteiger partial charge on any atom is 0.252 e. The molecule has 1 amide bonds. The molecule has 0 saturated carbocycles. The predicted octanol–water partition coefficient (Wildman–Crippen LogP) is 2.33. The number of hydrogen-bond acceptors (Lipinski definition) is 6. The number of nitrogens with zero attached hydrogens (tertiary/aromatic N) is 4. The fraction of sp³-hybridized carbons (Fsp3) is 0.571. The molecular formula is C21H29N5O2. The quantitative estimate of drug-likeness (QED) is 0.772. The molecule has 150 valence electrons. The third-order valence-electron chi connectivity index (χ3n) is 5.99. The second kappa shape index (κ2) is 8.31. The molecule has 28 heavy (non-hydrogen) atoms. The van der Waals surface area contributed by atoms with Gasteiger partial charge >= 0.3 is 0 Å². The number of aryl methyl sites for hydroxylation is 2. The van der Waals surface area contributed by atoms with Crippen molar-refractivity contribution in [3.63, 3.8) is 0 Å². The Morgan fingerprint density at radius 2 is 2.18 bits per heavy atom. The Bertz CT molecular complexity index is 797. The molecule has 2 aromatic heterocycles. The molecule has 0 aromatic carbocycles. The van der Waals surface area contributed by atoms with E-state index in [-0.39, 0.29) is 5.91 Å². The summed E-state index contributed by atoms with van der Waals surface area (Å²) in [5.41, 5.74) is 2.69. The van der Waals surface area contributed by atoms with Gasteiger partial charge in [-0.3, -0.25) is 9.69 Å². The standard InChI is InChI=1S/C21H29N5O2/c1-15-19(16(2)28-24-15)6-3-9-22-21(27)17-7-8-20(23-13-17)26-12-11-25-10-4-5-18(25)14-26/h7-8,13,18H,3-6,9-12,14H2,1-2H3,(H,22,27). The van der Waals surface area contributed by atoms with E-state index in [0.717, 1.165) is 55.3 Å². The maximum absolute atomic E-state index is 12.4. The van der Waals surface area contributed by atoms with E-state index in [4.69, 9.17) is 4.52 Å². The summed E-state index contributed by atoms with van der Waals surface area (Å²) < 4.78 is 5.17. The molecule has 4 rings (SSSR count). The van der Waals surface area contributed by atoms with Gasteiger partial charge in [0, 0.05) is 44.0 Å². The number of hydrogen-bond donors (Lipinski definition) is 1. The van der Waals surface area contributed by atoms with Crippen LogP contribution in [0, 0.1) is 13.8 Å². The number of fused-ring (bicyclic) bond motifs is 1. The summed E-state index contributed by atoms with van der Waals surface area (Å²) >= 11 is 0. The summed E-state index contributed by atoms with van der Waals surface area (Å²) in [6.07, 6.45) is 5.99. The van der Waals surface area contributed by atoms with Gasteiger partial charge in [-0.2, -0.15) is 0 Å². The largest absolute Gasteiger partial charge is 0.361 e. The lowest BCUT2D eigenvalue weighted by Gasteiger charge is -2.38. The van der Waals surface area contributed by atoms with Gasteiger partial charge in [0.15, 0.2) is 0 Å². The Morgan fingerprint density at radius 3 is 2.93 bits per heavy atom. The highest BCUT2D eigenvalue weighted by molar-refractivity contribution is 5.94. The number of amides is 1. The van der Waals surface area contributed by atoms with Crippen LogP contribution in [0.5, 0.6) is 0 Å². The first-order valence-electron chi connectivity index (χ1n) is 10.3. The number of pyridine rings is 1. The average Bonchev–Trinajstić information content (AvgIpc) is 3.31. The van der Waals surface area contributed by atoms with Gasteiger partial charge in [0.2, 0.25) is 0 Å². The average molecular weight is 383 g/mol. The van der Waals surface area contributed by atoms with E-state index in [1.807, 2.05) is 26.0 Å². The second-order valence-electron chi connectivity index (χ2n) is 7.85. The molecule has 2 saturated heterocycles. The first-order valence-corrected chi connectivity index (χ1v) is 10.3. The van der Waals surface area contributed by atoms with Gasteiger partial charge in [-0.1, -0.05) is 5.16 Å². The molecule has 1 unspecified atom stereocenters. The summed E-state index contributed by atoms with van der Waals surface area (Å²) in [4.78, 5) is 21.9. The lowest BCUT2D eigenvalue weighted by Crippen LogP contribution is -2.50. The molecule has 2 aliphatic heterocycles. The van der Waals surface area contributed by atoms with Crippen LogP contribution in [-0.4, -0.2) is 59.7 Å². The van der Waals surface area contributed by atoms with Crippen molar-refractivity contribution >= 4 is 11.7 Å². The molecule has 2 fully saturated rings. The summed E-state index contributed by atoms with van der Waals surface area (Å²) in [6.45, 7) is 8.89. The molecule has 0 radical (unpaired) electrons. The highest BCUT2D eigenvalue weighted by Crippen LogP contribution is 2.24. The summed E-state index contributed by atoms with van der Waals surface area (Å²) in [7, 11) is 0. The maximum atomic E-state index is 12.4. The van der Waals surface area contributed by atoms with Crippen molar-refractivity contribution in [2.45, 2.75) is 45.6 Å². The fourth-order valence-electron chi connectivity index (χ4n) is 4.33. The summed E-state index contributed by atoms with van der Waals surface area (Å²) in [6, 6.07) is 4.52. The summed E-state index contributed by atoms with van der Waals surface area (Å²) in [5.74, 6) is 1.77. The second-order valence-corrected chi connectivity index (χ2v) is 7.85. The third-order valence-corrected chi connectivity index (χ3v) is 5.99. The minimum Gasteiger partial charge on any atom is -0.361 e. The van der Waals surface area contributed by atoms with Crippen molar-refractivity contribution in [3.8, 4) is 0 Å². The highest BCUT2D eigenvalue weighted by atomic mass is 16.5. The van der Waals surface area contributed by atoms with Crippen LogP contribution < -0.4 is 10.2 Å². The number of carbonyl (C=O) groups excluding carboxylic acids is 1. The predicted molar refractivity (Wildman–Crippen MR) is 108 cm³/mol. The van der Waals surface area contributed by atoms with Crippen molar-refractivity contribution in [2.24, 2.45) is 0 Å². The zero-order valence-corrected chi connectivity index (χ0v) is 16.8. The van der Waals surface area contributed by atoms with Gasteiger partial charge in [0.25, 0.3) is 5.91 Å². The SMILES string of the molecule is Cc1noc(C)c1CCCNC(=O)c1ccc(N2CCN3CCCC3C2)nc1. The molecule has 1 atom stereocenters. The van der Waals surface area contributed by atoms with E-state index in [1.165, 1.54) is 19.4 Å². The van der Waals surface area contributed by atoms with E-state index in [0.29, 0.717) is 18.2 Å². The Morgan fingerprint density at radius 1 is 1.29 bits per heavy atom. The van der Waals surface area contributed by atoms with E-state index in [1.54, 1.807) is 6.20 Å². The van der Waals surface area contributed by atoms with Gasteiger partial charge < -0.3 is 14.7 Å². The molecular weight excluding hydrogens is 354 g/mol. The number of aromatic nitrogens is 2. The zero-order valence-electron chi connectivity index (χ0n) is 16.8. The molecule has 2 aromatic rings. The number of carbonyl (C=O) groups is 1. The van der Waals surface area contributed by atoms with Crippen LogP contribution in [0.4, 0.5) is 5.82 Å². The van der Waals surface area contributed by atoms with Crippen molar-refractivity contribution in [3.05, 3.63) is 40.9 Å². The first kappa shape index (κ1) is 18.9. The lowest BCUT2D eigenvalue weighted by molar-refractivity contribution is 0.0953. The lowest BCUT2D eigenvalue weighted by atomic mass is 10.1. The molecule has 1 N–H and O–H groups in total. The van der Waals surface area contributed by atoms with Crippen LogP contribution in [0.25, 0.3) is 0 Å². The zero-order chi connectivity index (χ0) is 19.5. The van der Waals surface area contributed by atoms with Crippen molar-refractivity contribution in [2.75, 3.05) is 37.6 Å². The van der Waals surface area contributed by atoms with Gasteiger partial charge in [-0.05, 0) is 58.2 Å². The molecule has 0 bridgehead atoms. The molecule has 4 heterocycles. The van der Waals surface area contributed by atoms with Crippen LogP contribution in [0.3, 0.4) is 0 Å². The highest BCUT2D eigenvalue weighted by Gasteiger charge is 2.30. The van der Waals surface area contributed by atoms with Crippen molar-refractivity contribution in [1.82, 2.24) is 20.4 Å². The Kier molecular flexibility index (Phi) is 5.62. The van der Waals surface area contributed by atoms with Crippen LogP contribution in [-0.2, 0) is 6.42 Å².